The fraction of sp³-hybridized carbons (Fsp3) is 0.250. The highest BCUT2D eigenvalue weighted by molar-refractivity contribution is 5.85. The van der Waals surface area contributed by atoms with Crippen LogP contribution in [0.15, 0.2) is 24.3 Å². The highest BCUT2D eigenvalue weighted by Crippen LogP contribution is 2.08. The molecule has 0 saturated heterocycles. The molecule has 0 aliphatic heterocycles. The Morgan fingerprint density at radius 1 is 1.31 bits per heavy atom. The first-order chi connectivity index (χ1) is 6.27. The van der Waals surface area contributed by atoms with Crippen LogP contribution >= 0.6 is 0 Å². The Balaban J connectivity index is 2.55. The van der Waals surface area contributed by atoms with E-state index in [-0.39, 0.29) is 11.7 Å². The summed E-state index contributed by atoms with van der Waals surface area (Å²) in [4.78, 5) is 11.2. The minimum atomic E-state index is 0.0925. The summed E-state index contributed by atoms with van der Waals surface area (Å²) in [6.45, 7) is 1.66. The van der Waals surface area contributed by atoms with Crippen molar-refractivity contribution < 1.29 is 4.79 Å². The number of hydrogen-bond donors (Lipinski definition) is 0. The third kappa shape index (κ3) is 1.55. The lowest BCUT2D eigenvalue weighted by Crippen LogP contribution is -2.30. The number of carbonyl (C=O) groups is 1. The van der Waals surface area contributed by atoms with E-state index in [1.807, 2.05) is 12.1 Å². The zero-order chi connectivity index (χ0) is 9.26. The quantitative estimate of drug-likeness (QED) is 0.614. The third-order valence-electron chi connectivity index (χ3n) is 2.49. The van der Waals surface area contributed by atoms with Gasteiger partial charge in [-0.25, -0.2) is 0 Å². The van der Waals surface area contributed by atoms with E-state index in [0.29, 0.717) is 0 Å². The Morgan fingerprint density at radius 2 is 2.00 bits per heavy atom. The van der Waals surface area contributed by atoms with Crippen LogP contribution in [0.4, 0.5) is 0 Å². The molecule has 0 amide bonds. The summed E-state index contributed by atoms with van der Waals surface area (Å²) in [5, 5.41) is 2.44. The molecule has 0 aromatic heterocycles. The van der Waals surface area contributed by atoms with E-state index >= 15 is 0 Å². The third-order valence-corrected chi connectivity index (χ3v) is 2.49. The molecule has 1 aliphatic carbocycles. The number of benzene rings is 1. The fourth-order valence-corrected chi connectivity index (χ4v) is 1.67. The average Bonchev–Trinajstić information content (AvgIpc) is 2.17. The molecule has 0 bridgehead atoms. The van der Waals surface area contributed by atoms with Gasteiger partial charge in [-0.3, -0.25) is 4.79 Å². The zero-order valence-corrected chi connectivity index (χ0v) is 7.66. The molecule has 0 heterocycles. The second-order valence-electron chi connectivity index (χ2n) is 3.45. The summed E-state index contributed by atoms with van der Waals surface area (Å²) in [5.41, 5.74) is 0. The minimum absolute atomic E-state index is 0.0925. The summed E-state index contributed by atoms with van der Waals surface area (Å²) in [6.07, 6.45) is 5.06. The number of ketones is 1. The van der Waals surface area contributed by atoms with Gasteiger partial charge in [0, 0.05) is 5.92 Å². The van der Waals surface area contributed by atoms with Crippen LogP contribution in [0.1, 0.15) is 13.3 Å². The van der Waals surface area contributed by atoms with Crippen molar-refractivity contribution in [2.24, 2.45) is 5.92 Å². The van der Waals surface area contributed by atoms with Crippen LogP contribution in [0.25, 0.3) is 12.2 Å². The molecule has 1 unspecified atom stereocenters. The normalized spacial score (nSPS) is 19.6. The van der Waals surface area contributed by atoms with Crippen LogP contribution < -0.4 is 10.4 Å². The van der Waals surface area contributed by atoms with Gasteiger partial charge in [0.1, 0.15) is 5.78 Å². The summed E-state index contributed by atoms with van der Waals surface area (Å²) in [7, 11) is 0. The molecule has 2 rings (SSSR count). The van der Waals surface area contributed by atoms with E-state index in [0.717, 1.165) is 6.42 Å². The van der Waals surface area contributed by atoms with E-state index in [9.17, 15) is 4.79 Å². The molecule has 66 valence electrons. The highest BCUT2D eigenvalue weighted by atomic mass is 16.1. The van der Waals surface area contributed by atoms with Crippen molar-refractivity contribution in [2.45, 2.75) is 13.3 Å². The minimum Gasteiger partial charge on any atom is -0.299 e. The van der Waals surface area contributed by atoms with E-state index in [4.69, 9.17) is 0 Å². The molecule has 1 aromatic rings. The van der Waals surface area contributed by atoms with Gasteiger partial charge in [-0.15, -0.1) is 0 Å². The molecular formula is C12H12O. The summed E-state index contributed by atoms with van der Waals surface area (Å²) >= 11 is 0. The lowest BCUT2D eigenvalue weighted by Gasteiger charge is -2.09. The zero-order valence-electron chi connectivity index (χ0n) is 7.66. The van der Waals surface area contributed by atoms with Gasteiger partial charge >= 0.3 is 0 Å². The number of fused-ring (bicyclic) bond motifs is 1. The van der Waals surface area contributed by atoms with Crippen molar-refractivity contribution in [1.29, 1.82) is 0 Å². The maximum absolute atomic E-state index is 11.2. The molecule has 1 nitrogen and oxygen atoms in total. The molecule has 0 N–H and O–H groups in total. The van der Waals surface area contributed by atoms with E-state index in [1.165, 1.54) is 10.4 Å². The summed E-state index contributed by atoms with van der Waals surface area (Å²) < 4.78 is 0. The van der Waals surface area contributed by atoms with Crippen LogP contribution in [-0.2, 0) is 4.79 Å². The number of Topliss-reactive ketones (excluding diaryl/α,β-unsaturated/α-hetero) is 1. The monoisotopic (exact) mass is 172 g/mol. The lowest BCUT2D eigenvalue weighted by molar-refractivity contribution is -0.118. The number of carbonyl (C=O) groups excluding carboxylic acids is 1. The van der Waals surface area contributed by atoms with Crippen molar-refractivity contribution in [2.75, 3.05) is 0 Å². The second kappa shape index (κ2) is 3.17. The molecule has 0 radical (unpaired) electrons. The molecule has 1 atom stereocenters. The first kappa shape index (κ1) is 8.24. The van der Waals surface area contributed by atoms with Crippen molar-refractivity contribution in [3.8, 4) is 0 Å². The topological polar surface area (TPSA) is 17.1 Å². The van der Waals surface area contributed by atoms with Gasteiger partial charge < -0.3 is 0 Å². The molecule has 0 fully saturated rings. The Morgan fingerprint density at radius 3 is 2.69 bits per heavy atom. The van der Waals surface area contributed by atoms with Crippen LogP contribution in [-0.4, -0.2) is 5.78 Å². The first-order valence-corrected chi connectivity index (χ1v) is 4.55. The van der Waals surface area contributed by atoms with Crippen LogP contribution in [0.2, 0.25) is 0 Å². The average molecular weight is 172 g/mol. The molecule has 1 aliphatic rings. The largest absolute Gasteiger partial charge is 0.299 e. The smallest absolute Gasteiger partial charge is 0.136 e. The highest BCUT2D eigenvalue weighted by Gasteiger charge is 2.11. The second-order valence-corrected chi connectivity index (χ2v) is 3.45. The first-order valence-electron chi connectivity index (χ1n) is 4.55. The molecular weight excluding hydrogens is 160 g/mol. The number of hydrogen-bond acceptors (Lipinski definition) is 1. The Labute approximate surface area is 77.4 Å². The molecule has 0 spiro atoms. The van der Waals surface area contributed by atoms with Crippen LogP contribution in [0.5, 0.6) is 0 Å². The van der Waals surface area contributed by atoms with Crippen molar-refractivity contribution in [3.63, 3.8) is 0 Å². The van der Waals surface area contributed by atoms with Crippen molar-refractivity contribution in [3.05, 3.63) is 34.7 Å². The van der Waals surface area contributed by atoms with E-state index in [1.54, 1.807) is 6.92 Å². The molecule has 0 saturated carbocycles. The standard InChI is InChI=1S/C12H12O/c1-9(13)11-7-6-10-4-2-3-5-12(10)8-11/h2-6,8,11H,7H2,1H3. The van der Waals surface area contributed by atoms with Crippen molar-refractivity contribution in [1.82, 2.24) is 0 Å². The van der Waals surface area contributed by atoms with Gasteiger partial charge in [-0.2, -0.15) is 0 Å². The van der Waals surface area contributed by atoms with Gasteiger partial charge in [0.2, 0.25) is 0 Å². The Hall–Kier alpha value is -1.37. The van der Waals surface area contributed by atoms with Gasteiger partial charge in [0.15, 0.2) is 0 Å². The summed E-state index contributed by atoms with van der Waals surface area (Å²) in [5.74, 6) is 0.348. The van der Waals surface area contributed by atoms with Gasteiger partial charge in [0.05, 0.1) is 0 Å². The number of rotatable bonds is 1. The predicted octanol–water partition coefficient (Wildman–Crippen LogP) is 0.857. The Bertz CT molecular complexity index is 442. The molecule has 13 heavy (non-hydrogen) atoms. The Kier molecular flexibility index (Phi) is 2.01. The van der Waals surface area contributed by atoms with Gasteiger partial charge in [-0.1, -0.05) is 36.4 Å². The van der Waals surface area contributed by atoms with Gasteiger partial charge in [0.25, 0.3) is 0 Å². The maximum Gasteiger partial charge on any atom is 0.136 e. The molecule has 1 heteroatoms. The molecule has 1 aromatic carbocycles. The predicted molar refractivity (Wildman–Crippen MR) is 53.4 cm³/mol. The fourth-order valence-electron chi connectivity index (χ4n) is 1.67. The van der Waals surface area contributed by atoms with Gasteiger partial charge in [-0.05, 0) is 23.8 Å². The van der Waals surface area contributed by atoms with E-state index < -0.39 is 0 Å². The maximum atomic E-state index is 11.2. The summed E-state index contributed by atoms with van der Waals surface area (Å²) in [6, 6.07) is 8.17. The van der Waals surface area contributed by atoms with E-state index in [2.05, 4.69) is 24.3 Å². The van der Waals surface area contributed by atoms with Crippen LogP contribution in [0, 0.1) is 5.92 Å². The van der Waals surface area contributed by atoms with Crippen molar-refractivity contribution >= 4 is 17.9 Å². The SMILES string of the molecule is CC(=O)C1C=c2ccccc2=CC1. The van der Waals surface area contributed by atoms with Crippen LogP contribution in [0.3, 0.4) is 0 Å². The lowest BCUT2D eigenvalue weighted by atomic mass is 9.94.